The quantitative estimate of drug-likeness (QED) is 0.231. The van der Waals surface area contributed by atoms with Crippen molar-refractivity contribution in [1.82, 2.24) is 0 Å². The Morgan fingerprint density at radius 3 is 2.00 bits per heavy atom. The van der Waals surface area contributed by atoms with E-state index in [0.717, 1.165) is 54.8 Å². The molecule has 0 bridgehead atoms. The van der Waals surface area contributed by atoms with Crippen molar-refractivity contribution in [1.29, 1.82) is 0 Å². The highest BCUT2D eigenvalue weighted by Crippen LogP contribution is 2.47. The molecule has 0 saturated heterocycles. The Kier molecular flexibility index (Phi) is 6.36. The molecule has 0 unspecified atom stereocenters. The predicted molar refractivity (Wildman–Crippen MR) is 138 cm³/mol. The summed E-state index contributed by atoms with van der Waals surface area (Å²) in [5.74, 6) is 4.01. The predicted octanol–water partition coefficient (Wildman–Crippen LogP) is 7.96. The minimum absolute atomic E-state index is 0.527. The molecule has 1 heterocycles. The molecule has 0 saturated carbocycles. The van der Waals surface area contributed by atoms with Crippen LogP contribution < -0.4 is 18.9 Å². The third-order valence-corrected chi connectivity index (χ3v) is 6.68. The first-order valence-corrected chi connectivity index (χ1v) is 11.7. The van der Waals surface area contributed by atoms with E-state index in [1.807, 2.05) is 84.9 Å². The van der Waals surface area contributed by atoms with Gasteiger partial charge in [0, 0.05) is 10.1 Å². The molecule has 0 atom stereocenters. The van der Waals surface area contributed by atoms with Gasteiger partial charge in [-0.1, -0.05) is 30.3 Å². The van der Waals surface area contributed by atoms with Crippen LogP contribution in [0.25, 0.3) is 20.5 Å². The Morgan fingerprint density at radius 1 is 0.647 bits per heavy atom. The van der Waals surface area contributed by atoms with E-state index in [2.05, 4.69) is 12.1 Å². The van der Waals surface area contributed by atoms with Crippen LogP contribution in [0.3, 0.4) is 0 Å². The molecule has 0 aliphatic carbocycles. The summed E-state index contributed by atoms with van der Waals surface area (Å²) in [6.07, 6.45) is 0. The van der Waals surface area contributed by atoms with Gasteiger partial charge in [0.1, 0.15) is 29.6 Å². The van der Waals surface area contributed by atoms with Crippen LogP contribution in [-0.4, -0.2) is 14.2 Å². The second kappa shape index (κ2) is 9.89. The fraction of sp³-hybridized carbons (Fsp3) is 0.103. The first-order chi connectivity index (χ1) is 16.7. The van der Waals surface area contributed by atoms with Gasteiger partial charge in [-0.2, -0.15) is 0 Å². The zero-order chi connectivity index (χ0) is 23.3. The molecule has 0 N–H and O–H groups in total. The maximum absolute atomic E-state index is 6.45. The number of benzene rings is 4. The van der Waals surface area contributed by atoms with Gasteiger partial charge in [0.25, 0.3) is 0 Å². The number of thiophene rings is 1. The highest BCUT2D eigenvalue weighted by atomic mass is 32.1. The van der Waals surface area contributed by atoms with Gasteiger partial charge < -0.3 is 18.9 Å². The summed E-state index contributed by atoms with van der Waals surface area (Å²) in [5, 5.41) is 1.04. The molecule has 34 heavy (non-hydrogen) atoms. The number of hydrogen-bond donors (Lipinski definition) is 0. The molecule has 0 aliphatic rings. The maximum atomic E-state index is 6.45. The standard InChI is InChI=1S/C29H24O4S/c1-30-22-10-8-21(9-11-22)29-28(26-17-16-25(31-2)18-27(26)34-29)33-24-14-12-23(13-15-24)32-19-20-6-4-3-5-7-20/h3-18H,19H2,1-2H3. The van der Waals surface area contributed by atoms with E-state index in [-0.39, 0.29) is 0 Å². The van der Waals surface area contributed by atoms with Gasteiger partial charge in [0.15, 0.2) is 5.75 Å². The molecule has 5 aromatic rings. The van der Waals surface area contributed by atoms with Crippen LogP contribution in [0, 0.1) is 0 Å². The number of hydrogen-bond acceptors (Lipinski definition) is 5. The second-order valence-electron chi connectivity index (χ2n) is 7.70. The molecule has 4 nitrogen and oxygen atoms in total. The molecule has 170 valence electrons. The van der Waals surface area contributed by atoms with Crippen LogP contribution in [-0.2, 0) is 6.61 Å². The van der Waals surface area contributed by atoms with Crippen molar-refractivity contribution in [2.45, 2.75) is 6.61 Å². The van der Waals surface area contributed by atoms with Crippen molar-refractivity contribution < 1.29 is 18.9 Å². The number of ether oxygens (including phenoxy) is 4. The molecule has 4 aromatic carbocycles. The van der Waals surface area contributed by atoms with Gasteiger partial charge >= 0.3 is 0 Å². The van der Waals surface area contributed by atoms with Crippen LogP contribution in [0.4, 0.5) is 0 Å². The topological polar surface area (TPSA) is 36.9 Å². The van der Waals surface area contributed by atoms with E-state index in [0.29, 0.717) is 6.61 Å². The van der Waals surface area contributed by atoms with E-state index < -0.39 is 0 Å². The fourth-order valence-electron chi connectivity index (χ4n) is 3.68. The monoisotopic (exact) mass is 468 g/mol. The Bertz CT molecular complexity index is 1370. The van der Waals surface area contributed by atoms with Crippen molar-refractivity contribution in [2.24, 2.45) is 0 Å². The van der Waals surface area contributed by atoms with Gasteiger partial charge in [-0.3, -0.25) is 0 Å². The minimum atomic E-state index is 0.527. The van der Waals surface area contributed by atoms with Crippen molar-refractivity contribution in [3.8, 4) is 39.2 Å². The van der Waals surface area contributed by atoms with Crippen LogP contribution in [0.1, 0.15) is 5.56 Å². The summed E-state index contributed by atoms with van der Waals surface area (Å²) in [7, 11) is 3.35. The van der Waals surface area contributed by atoms with Crippen molar-refractivity contribution in [3.63, 3.8) is 0 Å². The lowest BCUT2D eigenvalue weighted by atomic mass is 10.1. The van der Waals surface area contributed by atoms with E-state index in [1.54, 1.807) is 25.6 Å². The summed E-state index contributed by atoms with van der Waals surface area (Å²) in [6.45, 7) is 0.527. The van der Waals surface area contributed by atoms with Gasteiger partial charge in [0.05, 0.1) is 19.1 Å². The molecular weight excluding hydrogens is 444 g/mol. The summed E-state index contributed by atoms with van der Waals surface area (Å²) in [4.78, 5) is 1.05. The summed E-state index contributed by atoms with van der Waals surface area (Å²) in [5.41, 5.74) is 2.20. The zero-order valence-corrected chi connectivity index (χ0v) is 19.8. The Hall–Kier alpha value is -3.96. The van der Waals surface area contributed by atoms with Crippen molar-refractivity contribution in [3.05, 3.63) is 103 Å². The summed E-state index contributed by atoms with van der Waals surface area (Å²) < 4.78 is 24.2. The Balaban J connectivity index is 1.43. The van der Waals surface area contributed by atoms with Gasteiger partial charge in [-0.25, -0.2) is 0 Å². The van der Waals surface area contributed by atoms with E-state index in [9.17, 15) is 0 Å². The van der Waals surface area contributed by atoms with E-state index >= 15 is 0 Å². The smallest absolute Gasteiger partial charge is 0.153 e. The molecule has 5 heteroatoms. The van der Waals surface area contributed by atoms with Crippen molar-refractivity contribution in [2.75, 3.05) is 14.2 Å². The lowest BCUT2D eigenvalue weighted by Gasteiger charge is -2.10. The Morgan fingerprint density at radius 2 is 1.29 bits per heavy atom. The third kappa shape index (κ3) is 4.70. The highest BCUT2D eigenvalue weighted by molar-refractivity contribution is 7.22. The van der Waals surface area contributed by atoms with Gasteiger partial charge in [-0.05, 0) is 77.9 Å². The number of fused-ring (bicyclic) bond motifs is 1. The van der Waals surface area contributed by atoms with Gasteiger partial charge in [0.2, 0.25) is 0 Å². The normalized spacial score (nSPS) is 10.8. The number of rotatable bonds is 8. The first kappa shape index (κ1) is 21.9. The molecular formula is C29H24O4S. The third-order valence-electron chi connectivity index (χ3n) is 5.50. The molecule has 0 spiro atoms. The largest absolute Gasteiger partial charge is 0.497 e. The van der Waals surface area contributed by atoms with Gasteiger partial charge in [-0.15, -0.1) is 11.3 Å². The average molecular weight is 469 g/mol. The van der Waals surface area contributed by atoms with Crippen LogP contribution in [0.15, 0.2) is 97.1 Å². The lowest BCUT2D eigenvalue weighted by Crippen LogP contribution is -1.94. The fourth-order valence-corrected chi connectivity index (χ4v) is 4.84. The zero-order valence-electron chi connectivity index (χ0n) is 19.0. The van der Waals surface area contributed by atoms with Crippen LogP contribution in [0.5, 0.6) is 28.7 Å². The molecule has 0 radical (unpaired) electrons. The molecule has 5 rings (SSSR count). The minimum Gasteiger partial charge on any atom is -0.497 e. The highest BCUT2D eigenvalue weighted by Gasteiger charge is 2.17. The summed E-state index contributed by atoms with van der Waals surface area (Å²) in [6, 6.07) is 31.9. The van der Waals surface area contributed by atoms with E-state index in [1.165, 1.54) is 0 Å². The molecule has 0 amide bonds. The van der Waals surface area contributed by atoms with Crippen molar-refractivity contribution >= 4 is 21.4 Å². The first-order valence-electron chi connectivity index (χ1n) is 10.9. The van der Waals surface area contributed by atoms with E-state index in [4.69, 9.17) is 18.9 Å². The summed E-state index contributed by atoms with van der Waals surface area (Å²) >= 11 is 1.68. The maximum Gasteiger partial charge on any atom is 0.153 e. The lowest BCUT2D eigenvalue weighted by molar-refractivity contribution is 0.306. The number of methoxy groups -OCH3 is 2. The Labute approximate surface area is 202 Å². The molecule has 0 fully saturated rings. The molecule has 0 aliphatic heterocycles. The molecule has 1 aromatic heterocycles. The van der Waals surface area contributed by atoms with Crippen LogP contribution >= 0.6 is 11.3 Å². The van der Waals surface area contributed by atoms with Crippen LogP contribution in [0.2, 0.25) is 0 Å². The SMILES string of the molecule is COc1ccc(-c2sc3cc(OC)ccc3c2Oc2ccc(OCc3ccccc3)cc2)cc1. The average Bonchev–Trinajstić information content (AvgIpc) is 3.26. The second-order valence-corrected chi connectivity index (χ2v) is 8.75.